The molecule has 0 amide bonds. The zero-order valence-corrected chi connectivity index (χ0v) is 13.2. The molecule has 0 aliphatic rings. The molecule has 0 unspecified atom stereocenters. The van der Waals surface area contributed by atoms with E-state index in [-0.39, 0.29) is 5.82 Å². The molecule has 0 saturated carbocycles. The number of rotatable bonds is 8. The van der Waals surface area contributed by atoms with Crippen molar-refractivity contribution in [1.82, 2.24) is 0 Å². The molecule has 2 aromatic rings. The van der Waals surface area contributed by atoms with Gasteiger partial charge in [0.15, 0.2) is 0 Å². The second-order valence-corrected chi connectivity index (χ2v) is 5.32. The van der Waals surface area contributed by atoms with Crippen LogP contribution in [0.4, 0.5) is 4.39 Å². The van der Waals surface area contributed by atoms with E-state index in [1.165, 1.54) is 30.5 Å². The number of allylic oxidation sites excluding steroid dienone is 1. The Balaban J connectivity index is 1.82. The van der Waals surface area contributed by atoms with Gasteiger partial charge in [0.1, 0.15) is 5.82 Å². The predicted molar refractivity (Wildman–Crippen MR) is 95.8 cm³/mol. The third kappa shape index (κ3) is 6.39. The van der Waals surface area contributed by atoms with Gasteiger partial charge in [0, 0.05) is 0 Å². The first-order valence-corrected chi connectivity index (χ1v) is 7.80. The number of unbranched alkanes of at least 4 members (excludes halogenated alkanes) is 2. The van der Waals surface area contributed by atoms with Gasteiger partial charge in [-0.15, -0.1) is 6.58 Å². The Kier molecular flexibility index (Phi) is 6.92. The smallest absolute Gasteiger partial charge is 0.123 e. The first-order valence-electron chi connectivity index (χ1n) is 7.80. The van der Waals surface area contributed by atoms with Gasteiger partial charge >= 0.3 is 0 Å². The van der Waals surface area contributed by atoms with Crippen LogP contribution in [0.3, 0.4) is 0 Å². The summed E-state index contributed by atoms with van der Waals surface area (Å²) >= 11 is 0. The highest BCUT2D eigenvalue weighted by Crippen LogP contribution is 2.08. The van der Waals surface area contributed by atoms with Crippen LogP contribution in [0.2, 0.25) is 0 Å². The van der Waals surface area contributed by atoms with Gasteiger partial charge < -0.3 is 0 Å². The molecule has 0 radical (unpaired) electrons. The van der Waals surface area contributed by atoms with Crippen molar-refractivity contribution in [1.29, 1.82) is 0 Å². The lowest BCUT2D eigenvalue weighted by atomic mass is 10.1. The normalized spacial score (nSPS) is 11.3. The van der Waals surface area contributed by atoms with Crippen LogP contribution in [-0.4, -0.2) is 12.4 Å². The number of benzene rings is 2. The van der Waals surface area contributed by atoms with E-state index in [1.807, 2.05) is 18.2 Å². The summed E-state index contributed by atoms with van der Waals surface area (Å²) in [5.41, 5.74) is 3.16. The van der Waals surface area contributed by atoms with E-state index in [0.717, 1.165) is 24.0 Å². The number of hydrogen-bond donors (Lipinski definition) is 0. The summed E-state index contributed by atoms with van der Waals surface area (Å²) in [5.74, 6) is -0.254. The Bertz CT molecular complexity index is 655. The van der Waals surface area contributed by atoms with Crippen LogP contribution in [0.15, 0.2) is 71.4 Å². The van der Waals surface area contributed by atoms with Crippen LogP contribution in [0.25, 0.3) is 0 Å². The van der Waals surface area contributed by atoms with E-state index in [4.69, 9.17) is 0 Å². The average molecular weight is 308 g/mol. The third-order valence-corrected chi connectivity index (χ3v) is 3.45. The van der Waals surface area contributed by atoms with Crippen LogP contribution in [0.1, 0.15) is 36.0 Å². The molecular weight excluding hydrogens is 287 g/mol. The molecule has 0 N–H and O–H groups in total. The Morgan fingerprint density at radius 3 is 1.96 bits per heavy atom. The maximum atomic E-state index is 12.8. The molecule has 0 aliphatic carbocycles. The molecule has 0 saturated heterocycles. The molecule has 23 heavy (non-hydrogen) atoms. The Labute approximate surface area is 137 Å². The highest BCUT2D eigenvalue weighted by atomic mass is 19.1. The van der Waals surface area contributed by atoms with Crippen molar-refractivity contribution in [3.63, 3.8) is 0 Å². The Morgan fingerprint density at radius 1 is 0.826 bits per heavy atom. The summed E-state index contributed by atoms with van der Waals surface area (Å²) < 4.78 is 12.8. The van der Waals surface area contributed by atoms with Crippen LogP contribution in [0, 0.1) is 5.82 Å². The fraction of sp³-hybridized carbons (Fsp3) is 0.200. The summed E-state index contributed by atoms with van der Waals surface area (Å²) in [6.45, 7) is 3.73. The molecule has 2 rings (SSSR count). The fourth-order valence-electron chi connectivity index (χ4n) is 2.14. The monoisotopic (exact) mass is 308 g/mol. The van der Waals surface area contributed by atoms with Gasteiger partial charge in [-0.2, -0.15) is 10.2 Å². The fourth-order valence-corrected chi connectivity index (χ4v) is 2.14. The second kappa shape index (κ2) is 9.46. The first-order chi connectivity index (χ1) is 11.3. The molecule has 0 fully saturated rings. The van der Waals surface area contributed by atoms with E-state index in [0.29, 0.717) is 0 Å². The molecule has 0 heterocycles. The van der Waals surface area contributed by atoms with Crippen molar-refractivity contribution in [3.8, 4) is 0 Å². The summed E-state index contributed by atoms with van der Waals surface area (Å²) in [6.07, 6.45) is 9.81. The lowest BCUT2D eigenvalue weighted by Crippen LogP contribution is -1.87. The van der Waals surface area contributed by atoms with Crippen LogP contribution < -0.4 is 0 Å². The molecule has 0 aliphatic heterocycles. The van der Waals surface area contributed by atoms with Gasteiger partial charge in [0.05, 0.1) is 12.4 Å². The number of halogens is 1. The molecule has 2 nitrogen and oxygen atoms in total. The predicted octanol–water partition coefficient (Wildman–Crippen LogP) is 5.18. The number of aryl methyl sites for hydroxylation is 1. The minimum absolute atomic E-state index is 0.254. The quantitative estimate of drug-likeness (QED) is 0.278. The van der Waals surface area contributed by atoms with Crippen LogP contribution >= 0.6 is 0 Å². The average Bonchev–Trinajstić information content (AvgIpc) is 2.58. The van der Waals surface area contributed by atoms with Gasteiger partial charge in [-0.3, -0.25) is 0 Å². The molecule has 118 valence electrons. The molecule has 0 bridgehead atoms. The van der Waals surface area contributed by atoms with Crippen molar-refractivity contribution in [3.05, 3.63) is 83.7 Å². The standard InChI is InChI=1S/C20H21FN2/c1-2-3-4-5-6-17-7-9-18(10-8-17)15-22-23-16-19-11-13-20(21)14-12-19/h2,7-16H,1,3-6H2. The lowest BCUT2D eigenvalue weighted by Gasteiger charge is -2.00. The van der Waals surface area contributed by atoms with Gasteiger partial charge in [0.2, 0.25) is 0 Å². The van der Waals surface area contributed by atoms with E-state index in [2.05, 4.69) is 28.9 Å². The summed E-state index contributed by atoms with van der Waals surface area (Å²) in [4.78, 5) is 0. The number of hydrogen-bond acceptors (Lipinski definition) is 2. The maximum Gasteiger partial charge on any atom is 0.123 e. The summed E-state index contributed by atoms with van der Waals surface area (Å²) in [6, 6.07) is 14.5. The molecule has 3 heteroatoms. The summed E-state index contributed by atoms with van der Waals surface area (Å²) in [7, 11) is 0. The van der Waals surface area contributed by atoms with Gasteiger partial charge in [-0.1, -0.05) is 42.5 Å². The maximum absolute atomic E-state index is 12.8. The van der Waals surface area contributed by atoms with E-state index in [9.17, 15) is 4.39 Å². The molecular formula is C20H21FN2. The van der Waals surface area contributed by atoms with Crippen LogP contribution in [0.5, 0.6) is 0 Å². The highest BCUT2D eigenvalue weighted by Gasteiger charge is 1.94. The van der Waals surface area contributed by atoms with E-state index in [1.54, 1.807) is 24.6 Å². The minimum atomic E-state index is -0.254. The Hall–Kier alpha value is -2.55. The van der Waals surface area contributed by atoms with Crippen molar-refractivity contribution in [2.45, 2.75) is 25.7 Å². The summed E-state index contributed by atoms with van der Waals surface area (Å²) in [5, 5.41) is 7.99. The van der Waals surface area contributed by atoms with Gasteiger partial charge in [-0.25, -0.2) is 4.39 Å². The topological polar surface area (TPSA) is 24.7 Å². The van der Waals surface area contributed by atoms with Crippen LogP contribution in [-0.2, 0) is 6.42 Å². The first kappa shape index (κ1) is 16.8. The van der Waals surface area contributed by atoms with Gasteiger partial charge in [0.25, 0.3) is 0 Å². The zero-order valence-electron chi connectivity index (χ0n) is 13.2. The largest absolute Gasteiger partial charge is 0.207 e. The molecule has 0 atom stereocenters. The lowest BCUT2D eigenvalue weighted by molar-refractivity contribution is 0.628. The molecule has 0 aromatic heterocycles. The van der Waals surface area contributed by atoms with Crippen molar-refractivity contribution in [2.24, 2.45) is 10.2 Å². The Morgan fingerprint density at radius 2 is 1.39 bits per heavy atom. The van der Waals surface area contributed by atoms with E-state index < -0.39 is 0 Å². The molecule has 2 aromatic carbocycles. The van der Waals surface area contributed by atoms with Gasteiger partial charge in [-0.05, 0) is 54.5 Å². The zero-order chi connectivity index (χ0) is 16.3. The van der Waals surface area contributed by atoms with E-state index >= 15 is 0 Å². The SMILES string of the molecule is C=CCCCCc1ccc(C=NN=Cc2ccc(F)cc2)cc1. The third-order valence-electron chi connectivity index (χ3n) is 3.45. The van der Waals surface area contributed by atoms with Crippen molar-refractivity contribution in [2.75, 3.05) is 0 Å². The minimum Gasteiger partial charge on any atom is -0.207 e. The molecule has 0 spiro atoms. The van der Waals surface area contributed by atoms with Crippen molar-refractivity contribution >= 4 is 12.4 Å². The highest BCUT2D eigenvalue weighted by molar-refractivity contribution is 5.82. The number of nitrogens with zero attached hydrogens (tertiary/aromatic N) is 2. The van der Waals surface area contributed by atoms with Crippen molar-refractivity contribution < 1.29 is 4.39 Å². The second-order valence-electron chi connectivity index (χ2n) is 5.32.